The van der Waals surface area contributed by atoms with E-state index in [4.69, 9.17) is 5.11 Å². The van der Waals surface area contributed by atoms with Gasteiger partial charge in [0, 0.05) is 21.1 Å². The first-order valence-electron chi connectivity index (χ1n) is 5.20. The van der Waals surface area contributed by atoms with Gasteiger partial charge in [0.25, 0.3) is 0 Å². The third-order valence-corrected chi connectivity index (χ3v) is 3.09. The van der Waals surface area contributed by atoms with Gasteiger partial charge in [-0.25, -0.2) is 5.01 Å². The first-order chi connectivity index (χ1) is 7.34. The van der Waals surface area contributed by atoms with Gasteiger partial charge in [-0.15, -0.1) is 0 Å². The zero-order chi connectivity index (χ0) is 12.5. The Morgan fingerprint density at radius 1 is 1.12 bits per heavy atom. The number of hydrazine groups is 1. The van der Waals surface area contributed by atoms with Crippen LogP contribution in [-0.4, -0.2) is 59.4 Å². The van der Waals surface area contributed by atoms with Gasteiger partial charge < -0.3 is 10.2 Å². The Balaban J connectivity index is 2.78. The molecule has 1 aliphatic rings. The second-order valence-electron chi connectivity index (χ2n) is 4.39. The number of aliphatic hydroxyl groups is 1. The summed E-state index contributed by atoms with van der Waals surface area (Å²) in [6.45, 7) is 0. The van der Waals surface area contributed by atoms with E-state index in [1.165, 1.54) is 5.01 Å². The molecule has 0 aromatic carbocycles. The van der Waals surface area contributed by atoms with Crippen LogP contribution in [0.15, 0.2) is 0 Å². The maximum absolute atomic E-state index is 12.0. The highest BCUT2D eigenvalue weighted by atomic mass is 16.4. The van der Waals surface area contributed by atoms with Crippen molar-refractivity contribution < 1.29 is 19.8 Å². The monoisotopic (exact) mass is 230 g/mol. The van der Waals surface area contributed by atoms with Crippen molar-refractivity contribution in [2.45, 2.75) is 18.9 Å². The normalized spacial score (nSPS) is 29.4. The quantitative estimate of drug-likeness (QED) is 0.632. The molecule has 1 fully saturated rings. The molecule has 0 heterocycles. The molecule has 16 heavy (non-hydrogen) atoms. The summed E-state index contributed by atoms with van der Waals surface area (Å²) >= 11 is 0. The number of rotatable bonds is 3. The summed E-state index contributed by atoms with van der Waals surface area (Å²) in [6, 6.07) is 0. The molecular formula is C10H18N2O4. The minimum Gasteiger partial charge on any atom is -0.481 e. The summed E-state index contributed by atoms with van der Waals surface area (Å²) in [5.41, 5.74) is 0. The molecule has 6 nitrogen and oxygen atoms in total. The molecule has 0 saturated heterocycles. The molecular weight excluding hydrogens is 212 g/mol. The molecule has 0 aliphatic heterocycles. The van der Waals surface area contributed by atoms with Crippen LogP contribution in [0.25, 0.3) is 0 Å². The summed E-state index contributed by atoms with van der Waals surface area (Å²) < 4.78 is 0. The van der Waals surface area contributed by atoms with Crippen LogP contribution in [0.4, 0.5) is 0 Å². The summed E-state index contributed by atoms with van der Waals surface area (Å²) in [5, 5.41) is 21.4. The van der Waals surface area contributed by atoms with Gasteiger partial charge in [-0.3, -0.25) is 14.6 Å². The van der Waals surface area contributed by atoms with Crippen molar-refractivity contribution in [1.29, 1.82) is 0 Å². The van der Waals surface area contributed by atoms with Crippen LogP contribution < -0.4 is 0 Å². The second kappa shape index (κ2) is 4.80. The highest BCUT2D eigenvalue weighted by Gasteiger charge is 2.43. The van der Waals surface area contributed by atoms with Gasteiger partial charge in [-0.1, -0.05) is 0 Å². The Labute approximate surface area is 94.4 Å². The predicted molar refractivity (Wildman–Crippen MR) is 56.3 cm³/mol. The maximum atomic E-state index is 12.0. The van der Waals surface area contributed by atoms with E-state index in [1.807, 2.05) is 0 Å². The lowest BCUT2D eigenvalue weighted by Gasteiger charge is -2.28. The average Bonchev–Trinajstić information content (AvgIpc) is 2.58. The van der Waals surface area contributed by atoms with Gasteiger partial charge >= 0.3 is 5.97 Å². The predicted octanol–water partition coefficient (Wildman–Crippen LogP) is -0.607. The molecule has 92 valence electrons. The number of carbonyl (C=O) groups is 2. The van der Waals surface area contributed by atoms with E-state index in [-0.39, 0.29) is 18.7 Å². The van der Waals surface area contributed by atoms with E-state index in [0.29, 0.717) is 0 Å². The average molecular weight is 230 g/mol. The van der Waals surface area contributed by atoms with Crippen molar-refractivity contribution in [3.05, 3.63) is 0 Å². The van der Waals surface area contributed by atoms with E-state index in [0.717, 1.165) is 0 Å². The van der Waals surface area contributed by atoms with Crippen LogP contribution in [0.2, 0.25) is 0 Å². The molecule has 0 aromatic rings. The van der Waals surface area contributed by atoms with Crippen molar-refractivity contribution in [3.63, 3.8) is 0 Å². The standard InChI is InChI=1S/C10H18N2O4/c1-11(2)12(3)9(14)7-4-6(13)5-8(7)10(15)16/h6-8,13H,4-5H2,1-3H3,(H,15,16). The Bertz CT molecular complexity index is 293. The van der Waals surface area contributed by atoms with Gasteiger partial charge in [0.2, 0.25) is 5.91 Å². The number of carbonyl (C=O) groups excluding carboxylic acids is 1. The van der Waals surface area contributed by atoms with Crippen LogP contribution in [0.3, 0.4) is 0 Å². The lowest BCUT2D eigenvalue weighted by molar-refractivity contribution is -0.154. The lowest BCUT2D eigenvalue weighted by atomic mass is 9.95. The summed E-state index contributed by atoms with van der Waals surface area (Å²) in [5.74, 6) is -2.67. The number of amides is 1. The summed E-state index contributed by atoms with van der Waals surface area (Å²) in [7, 11) is 5.00. The molecule has 2 N–H and O–H groups in total. The van der Waals surface area contributed by atoms with Crippen LogP contribution in [0.5, 0.6) is 0 Å². The molecule has 1 saturated carbocycles. The number of aliphatic carboxylic acids is 1. The van der Waals surface area contributed by atoms with Crippen LogP contribution in [-0.2, 0) is 9.59 Å². The zero-order valence-electron chi connectivity index (χ0n) is 9.75. The van der Waals surface area contributed by atoms with Gasteiger partial charge in [-0.05, 0) is 12.8 Å². The number of nitrogens with zero attached hydrogens (tertiary/aromatic N) is 2. The lowest BCUT2D eigenvalue weighted by Crippen LogP contribution is -2.44. The smallest absolute Gasteiger partial charge is 0.307 e. The third kappa shape index (κ3) is 2.51. The molecule has 0 spiro atoms. The van der Waals surface area contributed by atoms with Gasteiger partial charge in [0.1, 0.15) is 0 Å². The Kier molecular flexibility index (Phi) is 3.88. The maximum Gasteiger partial charge on any atom is 0.307 e. The molecule has 0 bridgehead atoms. The number of hydrogen-bond acceptors (Lipinski definition) is 4. The number of carboxylic acid groups (broad SMARTS) is 1. The molecule has 6 heteroatoms. The molecule has 0 radical (unpaired) electrons. The van der Waals surface area contributed by atoms with Crippen LogP contribution >= 0.6 is 0 Å². The fraction of sp³-hybridized carbons (Fsp3) is 0.800. The van der Waals surface area contributed by atoms with Gasteiger partial charge in [0.15, 0.2) is 0 Å². The fourth-order valence-electron chi connectivity index (χ4n) is 1.99. The van der Waals surface area contributed by atoms with Crippen molar-refractivity contribution in [1.82, 2.24) is 10.0 Å². The topological polar surface area (TPSA) is 81.1 Å². The van der Waals surface area contributed by atoms with E-state index in [1.54, 1.807) is 26.2 Å². The van der Waals surface area contributed by atoms with Crippen LogP contribution in [0.1, 0.15) is 12.8 Å². The minimum atomic E-state index is -1.01. The summed E-state index contributed by atoms with van der Waals surface area (Å²) in [4.78, 5) is 22.9. The first-order valence-corrected chi connectivity index (χ1v) is 5.20. The molecule has 3 atom stereocenters. The Hall–Kier alpha value is -1.14. The fourth-order valence-corrected chi connectivity index (χ4v) is 1.99. The number of hydrogen-bond donors (Lipinski definition) is 2. The van der Waals surface area contributed by atoms with Crippen LogP contribution in [0, 0.1) is 11.8 Å². The number of aliphatic hydroxyl groups excluding tert-OH is 1. The first kappa shape index (κ1) is 12.9. The highest BCUT2D eigenvalue weighted by Crippen LogP contribution is 2.33. The SMILES string of the molecule is CN(C)N(C)C(=O)C1CC(O)CC1C(=O)O. The van der Waals surface area contributed by atoms with Crippen molar-refractivity contribution in [2.75, 3.05) is 21.1 Å². The van der Waals surface area contributed by atoms with E-state index in [9.17, 15) is 14.7 Å². The van der Waals surface area contributed by atoms with E-state index >= 15 is 0 Å². The minimum absolute atomic E-state index is 0.160. The largest absolute Gasteiger partial charge is 0.481 e. The second-order valence-corrected chi connectivity index (χ2v) is 4.39. The zero-order valence-corrected chi connectivity index (χ0v) is 9.75. The molecule has 1 rings (SSSR count). The summed E-state index contributed by atoms with van der Waals surface area (Å²) in [6.07, 6.45) is -0.299. The molecule has 1 aliphatic carbocycles. The Morgan fingerprint density at radius 2 is 1.62 bits per heavy atom. The van der Waals surface area contributed by atoms with Gasteiger partial charge in [-0.2, -0.15) is 0 Å². The highest BCUT2D eigenvalue weighted by molar-refractivity contribution is 5.85. The van der Waals surface area contributed by atoms with Crippen molar-refractivity contribution >= 4 is 11.9 Å². The third-order valence-electron chi connectivity index (χ3n) is 3.09. The van der Waals surface area contributed by atoms with E-state index in [2.05, 4.69) is 0 Å². The molecule has 3 unspecified atom stereocenters. The molecule has 0 aromatic heterocycles. The van der Waals surface area contributed by atoms with Gasteiger partial charge in [0.05, 0.1) is 17.9 Å². The van der Waals surface area contributed by atoms with Crippen molar-refractivity contribution in [2.24, 2.45) is 11.8 Å². The molecule has 1 amide bonds. The Morgan fingerprint density at radius 3 is 2.06 bits per heavy atom. The van der Waals surface area contributed by atoms with E-state index < -0.39 is 23.9 Å². The number of carboxylic acids is 1. The van der Waals surface area contributed by atoms with Crippen molar-refractivity contribution in [3.8, 4) is 0 Å².